The van der Waals surface area contributed by atoms with Crippen LogP contribution in [0.1, 0.15) is 24.5 Å². The average molecular weight is 395 g/mol. The summed E-state index contributed by atoms with van der Waals surface area (Å²) in [5.74, 6) is -0.390. The molecule has 2 aromatic carbocycles. The fraction of sp³-hybridized carbons (Fsp3) is 0.316. The van der Waals surface area contributed by atoms with Gasteiger partial charge in [-0.3, -0.25) is 9.10 Å². The third-order valence-corrected chi connectivity index (χ3v) is 5.62. The fourth-order valence-electron chi connectivity index (χ4n) is 2.68. The maximum atomic E-state index is 12.8. The Kier molecular flexibility index (Phi) is 6.31. The summed E-state index contributed by atoms with van der Waals surface area (Å²) in [7, 11) is -3.65. The molecule has 0 aliphatic heterocycles. The Labute approximate surface area is 160 Å². The first-order valence-electron chi connectivity index (χ1n) is 8.26. The largest absolute Gasteiger partial charge is 0.324 e. The summed E-state index contributed by atoms with van der Waals surface area (Å²) in [6.07, 6.45) is 1.44. The van der Waals surface area contributed by atoms with Crippen LogP contribution in [0.3, 0.4) is 0 Å². The number of aryl methyl sites for hydroxylation is 2. The molecule has 0 spiro atoms. The zero-order valence-electron chi connectivity index (χ0n) is 15.3. The first-order chi connectivity index (χ1) is 12.1. The molecule has 0 bridgehead atoms. The Hall–Kier alpha value is -2.05. The second kappa shape index (κ2) is 8.10. The van der Waals surface area contributed by atoms with Crippen LogP contribution in [0.25, 0.3) is 0 Å². The van der Waals surface area contributed by atoms with Gasteiger partial charge in [-0.25, -0.2) is 8.42 Å². The normalized spacial score (nSPS) is 12.5. The zero-order valence-corrected chi connectivity index (χ0v) is 16.9. The minimum absolute atomic E-state index is 0.333. The highest BCUT2D eigenvalue weighted by Crippen LogP contribution is 2.26. The molecule has 0 aliphatic carbocycles. The van der Waals surface area contributed by atoms with Crippen molar-refractivity contribution >= 4 is 38.9 Å². The van der Waals surface area contributed by atoms with Gasteiger partial charge < -0.3 is 5.32 Å². The molecule has 5 nitrogen and oxygen atoms in total. The number of amides is 1. The lowest BCUT2D eigenvalue weighted by atomic mass is 10.1. The van der Waals surface area contributed by atoms with Gasteiger partial charge in [0.2, 0.25) is 15.9 Å². The number of hydrogen-bond donors (Lipinski definition) is 1. The lowest BCUT2D eigenvalue weighted by molar-refractivity contribution is -0.117. The van der Waals surface area contributed by atoms with Crippen LogP contribution in [0.2, 0.25) is 5.02 Å². The molecular weight excluding hydrogens is 372 g/mol. The van der Waals surface area contributed by atoms with Crippen LogP contribution in [0.5, 0.6) is 0 Å². The standard InChI is InChI=1S/C19H23ClN2O3S/c1-5-18(19(23)21-16-9-7-15(20)8-10-16)22(26(4,24)25)17-11-6-13(2)14(3)12-17/h6-12,18H,5H2,1-4H3,(H,21,23)/t18-/m1/s1. The van der Waals surface area contributed by atoms with E-state index in [0.29, 0.717) is 22.8 Å². The van der Waals surface area contributed by atoms with E-state index in [-0.39, 0.29) is 0 Å². The summed E-state index contributed by atoms with van der Waals surface area (Å²) in [5.41, 5.74) is 3.06. The van der Waals surface area contributed by atoms with Gasteiger partial charge >= 0.3 is 0 Å². The van der Waals surface area contributed by atoms with E-state index in [1.807, 2.05) is 19.9 Å². The minimum atomic E-state index is -3.65. The van der Waals surface area contributed by atoms with E-state index in [0.717, 1.165) is 17.4 Å². The van der Waals surface area contributed by atoms with Gasteiger partial charge in [-0.1, -0.05) is 24.6 Å². The molecule has 0 fully saturated rings. The molecule has 1 amide bonds. The van der Waals surface area contributed by atoms with Crippen LogP contribution in [0, 0.1) is 13.8 Å². The molecule has 0 aliphatic rings. The van der Waals surface area contributed by atoms with Crippen LogP contribution in [0.15, 0.2) is 42.5 Å². The van der Waals surface area contributed by atoms with Crippen molar-refractivity contribution in [3.8, 4) is 0 Å². The Morgan fingerprint density at radius 3 is 2.23 bits per heavy atom. The van der Waals surface area contributed by atoms with E-state index in [1.165, 1.54) is 4.31 Å². The molecule has 7 heteroatoms. The SMILES string of the molecule is CC[C@H](C(=O)Nc1ccc(Cl)cc1)N(c1ccc(C)c(C)c1)S(C)(=O)=O. The van der Waals surface area contributed by atoms with Gasteiger partial charge in [-0.15, -0.1) is 0 Å². The molecule has 1 N–H and O–H groups in total. The summed E-state index contributed by atoms with van der Waals surface area (Å²) >= 11 is 5.86. The minimum Gasteiger partial charge on any atom is -0.324 e. The van der Waals surface area contributed by atoms with E-state index in [1.54, 1.807) is 43.3 Å². The Morgan fingerprint density at radius 2 is 1.73 bits per heavy atom. The smallest absolute Gasteiger partial charge is 0.248 e. The first-order valence-corrected chi connectivity index (χ1v) is 10.5. The van der Waals surface area contributed by atoms with Crippen LogP contribution < -0.4 is 9.62 Å². The van der Waals surface area contributed by atoms with Crippen LogP contribution in [0.4, 0.5) is 11.4 Å². The number of anilines is 2. The topological polar surface area (TPSA) is 66.5 Å². The number of hydrogen-bond acceptors (Lipinski definition) is 3. The molecule has 0 saturated carbocycles. The maximum absolute atomic E-state index is 12.8. The van der Waals surface area contributed by atoms with Gasteiger partial charge in [0, 0.05) is 10.7 Å². The molecule has 0 heterocycles. The monoisotopic (exact) mass is 394 g/mol. The number of benzene rings is 2. The summed E-state index contributed by atoms with van der Waals surface area (Å²) in [4.78, 5) is 12.8. The van der Waals surface area contributed by atoms with E-state index in [4.69, 9.17) is 11.6 Å². The fourth-order valence-corrected chi connectivity index (χ4v) is 4.01. The first kappa shape index (κ1) is 20.3. The molecule has 140 valence electrons. The summed E-state index contributed by atoms with van der Waals surface area (Å²) in [6, 6.07) is 11.2. The van der Waals surface area contributed by atoms with E-state index in [9.17, 15) is 13.2 Å². The number of halogens is 1. The Morgan fingerprint density at radius 1 is 1.12 bits per heavy atom. The molecule has 0 unspecified atom stereocenters. The predicted octanol–water partition coefficient (Wildman–Crippen LogP) is 4.14. The van der Waals surface area contributed by atoms with Crippen molar-refractivity contribution in [2.24, 2.45) is 0 Å². The lowest BCUT2D eigenvalue weighted by Crippen LogP contribution is -2.47. The molecule has 2 aromatic rings. The maximum Gasteiger partial charge on any atom is 0.248 e. The summed E-state index contributed by atoms with van der Waals surface area (Å²) in [5, 5.41) is 3.32. The number of nitrogens with zero attached hydrogens (tertiary/aromatic N) is 1. The average Bonchev–Trinajstić information content (AvgIpc) is 2.56. The van der Waals surface area contributed by atoms with Crippen molar-refractivity contribution in [1.82, 2.24) is 0 Å². The number of rotatable bonds is 6. The van der Waals surface area contributed by atoms with E-state index >= 15 is 0 Å². The summed E-state index contributed by atoms with van der Waals surface area (Å²) in [6.45, 7) is 5.65. The van der Waals surface area contributed by atoms with Crippen LogP contribution >= 0.6 is 11.6 Å². The van der Waals surface area contributed by atoms with E-state index in [2.05, 4.69) is 5.32 Å². The van der Waals surface area contributed by atoms with Gasteiger partial charge in [0.05, 0.1) is 11.9 Å². The van der Waals surface area contributed by atoms with Crippen molar-refractivity contribution in [3.05, 3.63) is 58.6 Å². The van der Waals surface area contributed by atoms with Gasteiger partial charge in [0.1, 0.15) is 6.04 Å². The molecule has 2 rings (SSSR count). The van der Waals surface area contributed by atoms with Gasteiger partial charge in [-0.05, 0) is 67.8 Å². The molecule has 26 heavy (non-hydrogen) atoms. The Bertz CT molecular complexity index is 896. The molecule has 0 aromatic heterocycles. The second-order valence-electron chi connectivity index (χ2n) is 6.25. The summed E-state index contributed by atoms with van der Waals surface area (Å²) < 4.78 is 26.1. The lowest BCUT2D eigenvalue weighted by Gasteiger charge is -2.30. The molecule has 1 atom stereocenters. The number of sulfonamides is 1. The van der Waals surface area contributed by atoms with Crippen molar-refractivity contribution < 1.29 is 13.2 Å². The highest BCUT2D eigenvalue weighted by molar-refractivity contribution is 7.92. The van der Waals surface area contributed by atoms with Crippen molar-refractivity contribution in [2.45, 2.75) is 33.2 Å². The predicted molar refractivity (Wildman–Crippen MR) is 107 cm³/mol. The molecule has 0 radical (unpaired) electrons. The van der Waals surface area contributed by atoms with Crippen LogP contribution in [-0.4, -0.2) is 26.6 Å². The highest BCUT2D eigenvalue weighted by Gasteiger charge is 2.31. The van der Waals surface area contributed by atoms with E-state index < -0.39 is 22.0 Å². The second-order valence-corrected chi connectivity index (χ2v) is 8.54. The number of nitrogens with one attached hydrogen (secondary N) is 1. The number of carbonyl (C=O) groups excluding carboxylic acids is 1. The van der Waals surface area contributed by atoms with Crippen LogP contribution in [-0.2, 0) is 14.8 Å². The van der Waals surface area contributed by atoms with Crippen molar-refractivity contribution in [2.75, 3.05) is 15.9 Å². The zero-order chi connectivity index (χ0) is 19.5. The van der Waals surface area contributed by atoms with Gasteiger partial charge in [0.25, 0.3) is 0 Å². The number of carbonyl (C=O) groups is 1. The third-order valence-electron chi connectivity index (χ3n) is 4.19. The third kappa shape index (κ3) is 4.77. The van der Waals surface area contributed by atoms with Gasteiger partial charge in [0.15, 0.2) is 0 Å². The van der Waals surface area contributed by atoms with Gasteiger partial charge in [-0.2, -0.15) is 0 Å². The molecular formula is C19H23ClN2O3S. The Balaban J connectivity index is 2.39. The molecule has 0 saturated heterocycles. The van der Waals surface area contributed by atoms with Crippen molar-refractivity contribution in [3.63, 3.8) is 0 Å². The van der Waals surface area contributed by atoms with Crippen molar-refractivity contribution in [1.29, 1.82) is 0 Å². The quantitative estimate of drug-likeness (QED) is 0.800. The highest BCUT2D eigenvalue weighted by atomic mass is 35.5.